The van der Waals surface area contributed by atoms with Gasteiger partial charge in [0, 0.05) is 17.8 Å². The molecule has 0 spiro atoms. The number of fused-ring (bicyclic) bond motifs is 1. The fraction of sp³-hybridized carbons (Fsp3) is 0.0625. The molecule has 3 nitrogen and oxygen atoms in total. The zero-order valence-corrected chi connectivity index (χ0v) is 12.8. The van der Waals surface area contributed by atoms with Crippen LogP contribution in [0.3, 0.4) is 0 Å². The summed E-state index contributed by atoms with van der Waals surface area (Å²) in [5, 5.41) is 1.56. The Balaban J connectivity index is 2.08. The summed E-state index contributed by atoms with van der Waals surface area (Å²) in [6, 6.07) is 14.4. The van der Waals surface area contributed by atoms with Crippen molar-refractivity contribution in [1.82, 2.24) is 4.98 Å². The van der Waals surface area contributed by atoms with Crippen LogP contribution in [0.4, 0.5) is 0 Å². The lowest BCUT2D eigenvalue weighted by Crippen LogP contribution is -1.96. The van der Waals surface area contributed by atoms with Crippen LogP contribution >= 0.6 is 11.6 Å². The standard InChI is InChI=1S/C16H12ClNO2S/c1-21(19,20)13-5-2-11(3-6-13)12-4-7-14-15(17)8-9-18-16(14)10-12/h2-10H,1H3. The van der Waals surface area contributed by atoms with Gasteiger partial charge in [0.05, 0.1) is 15.4 Å². The topological polar surface area (TPSA) is 47.0 Å². The molecule has 3 aromatic rings. The summed E-state index contributed by atoms with van der Waals surface area (Å²) in [6.45, 7) is 0. The van der Waals surface area contributed by atoms with Gasteiger partial charge in [0.15, 0.2) is 9.84 Å². The van der Waals surface area contributed by atoms with E-state index in [1.165, 1.54) is 6.26 Å². The lowest BCUT2D eigenvalue weighted by molar-refractivity contribution is 0.602. The van der Waals surface area contributed by atoms with Crippen LogP contribution in [-0.4, -0.2) is 19.7 Å². The van der Waals surface area contributed by atoms with Gasteiger partial charge in [-0.3, -0.25) is 4.98 Å². The minimum atomic E-state index is -3.17. The predicted molar refractivity (Wildman–Crippen MR) is 85.3 cm³/mol. The summed E-state index contributed by atoms with van der Waals surface area (Å²) in [7, 11) is -3.17. The zero-order chi connectivity index (χ0) is 15.0. The Labute approximate surface area is 128 Å². The first-order valence-electron chi connectivity index (χ1n) is 6.30. The molecule has 0 amide bonds. The number of hydrogen-bond acceptors (Lipinski definition) is 3. The number of hydrogen-bond donors (Lipinski definition) is 0. The van der Waals surface area contributed by atoms with Gasteiger partial charge < -0.3 is 0 Å². The van der Waals surface area contributed by atoms with Crippen LogP contribution in [0.15, 0.2) is 59.6 Å². The monoisotopic (exact) mass is 317 g/mol. The second-order valence-corrected chi connectivity index (χ2v) is 7.24. The molecule has 0 unspecified atom stereocenters. The summed E-state index contributed by atoms with van der Waals surface area (Å²) >= 11 is 6.12. The summed E-state index contributed by atoms with van der Waals surface area (Å²) in [5.74, 6) is 0. The van der Waals surface area contributed by atoms with Gasteiger partial charge in [-0.1, -0.05) is 35.9 Å². The second kappa shape index (κ2) is 5.13. The van der Waals surface area contributed by atoms with E-state index in [1.807, 2.05) is 18.2 Å². The lowest BCUT2D eigenvalue weighted by Gasteiger charge is -2.06. The molecular formula is C16H12ClNO2S. The number of pyridine rings is 1. The first-order chi connectivity index (χ1) is 9.95. The maximum atomic E-state index is 11.5. The Bertz CT molecular complexity index is 919. The van der Waals surface area contributed by atoms with Crippen LogP contribution in [0.1, 0.15) is 0 Å². The van der Waals surface area contributed by atoms with Crippen molar-refractivity contribution in [1.29, 1.82) is 0 Å². The third-order valence-corrected chi connectivity index (χ3v) is 4.76. The minimum Gasteiger partial charge on any atom is -0.256 e. The highest BCUT2D eigenvalue weighted by molar-refractivity contribution is 7.90. The minimum absolute atomic E-state index is 0.313. The van der Waals surface area contributed by atoms with Crippen molar-refractivity contribution in [2.45, 2.75) is 4.90 Å². The highest BCUT2D eigenvalue weighted by atomic mass is 35.5. The van der Waals surface area contributed by atoms with E-state index in [-0.39, 0.29) is 0 Å². The molecule has 0 fully saturated rings. The fourth-order valence-corrected chi connectivity index (χ4v) is 3.03. The van der Waals surface area contributed by atoms with Crippen molar-refractivity contribution in [3.63, 3.8) is 0 Å². The van der Waals surface area contributed by atoms with E-state index in [1.54, 1.807) is 36.5 Å². The number of nitrogens with zero attached hydrogens (tertiary/aromatic N) is 1. The molecule has 0 aliphatic heterocycles. The summed E-state index contributed by atoms with van der Waals surface area (Å²) < 4.78 is 22.9. The van der Waals surface area contributed by atoms with Crippen molar-refractivity contribution in [2.75, 3.05) is 6.26 Å². The maximum absolute atomic E-state index is 11.5. The molecule has 0 aliphatic carbocycles. The molecular weight excluding hydrogens is 306 g/mol. The largest absolute Gasteiger partial charge is 0.256 e. The zero-order valence-electron chi connectivity index (χ0n) is 11.2. The quantitative estimate of drug-likeness (QED) is 0.718. The number of rotatable bonds is 2. The Kier molecular flexibility index (Phi) is 3.43. The van der Waals surface area contributed by atoms with Gasteiger partial charge in [-0.25, -0.2) is 8.42 Å². The van der Waals surface area contributed by atoms with E-state index < -0.39 is 9.84 Å². The van der Waals surface area contributed by atoms with E-state index >= 15 is 0 Å². The molecule has 5 heteroatoms. The first-order valence-corrected chi connectivity index (χ1v) is 8.57. The Morgan fingerprint density at radius 1 is 0.952 bits per heavy atom. The molecule has 0 N–H and O–H groups in total. The van der Waals surface area contributed by atoms with Gasteiger partial charge in [0.2, 0.25) is 0 Å². The molecule has 0 saturated heterocycles. The highest BCUT2D eigenvalue weighted by Crippen LogP contribution is 2.27. The van der Waals surface area contributed by atoms with E-state index in [2.05, 4.69) is 4.98 Å². The number of halogens is 1. The normalized spacial score (nSPS) is 11.7. The third-order valence-electron chi connectivity index (χ3n) is 3.31. The molecule has 2 aromatic carbocycles. The highest BCUT2D eigenvalue weighted by Gasteiger charge is 2.08. The molecule has 106 valence electrons. The average Bonchev–Trinajstić information content (AvgIpc) is 2.46. The number of aromatic nitrogens is 1. The van der Waals surface area contributed by atoms with E-state index in [0.29, 0.717) is 9.92 Å². The van der Waals surface area contributed by atoms with Crippen LogP contribution in [0, 0.1) is 0 Å². The number of sulfone groups is 1. The predicted octanol–water partition coefficient (Wildman–Crippen LogP) is 3.96. The molecule has 0 saturated carbocycles. The molecule has 1 aromatic heterocycles. The van der Waals surface area contributed by atoms with Gasteiger partial charge in [-0.15, -0.1) is 0 Å². The van der Waals surface area contributed by atoms with Crippen molar-refractivity contribution in [2.24, 2.45) is 0 Å². The van der Waals surface area contributed by atoms with Crippen LogP contribution in [0.25, 0.3) is 22.0 Å². The van der Waals surface area contributed by atoms with E-state index in [0.717, 1.165) is 22.0 Å². The molecule has 0 radical (unpaired) electrons. The maximum Gasteiger partial charge on any atom is 0.175 e. The van der Waals surface area contributed by atoms with E-state index in [9.17, 15) is 8.42 Å². The first kappa shape index (κ1) is 14.0. The SMILES string of the molecule is CS(=O)(=O)c1ccc(-c2ccc3c(Cl)ccnc3c2)cc1. The van der Waals surface area contributed by atoms with Gasteiger partial charge >= 0.3 is 0 Å². The Morgan fingerprint density at radius 3 is 2.29 bits per heavy atom. The van der Waals surface area contributed by atoms with Crippen LogP contribution in [-0.2, 0) is 9.84 Å². The van der Waals surface area contributed by atoms with Crippen molar-refractivity contribution >= 4 is 32.3 Å². The molecule has 0 aliphatic rings. The lowest BCUT2D eigenvalue weighted by atomic mass is 10.0. The summed E-state index contributed by atoms with van der Waals surface area (Å²) in [4.78, 5) is 4.62. The molecule has 1 heterocycles. The van der Waals surface area contributed by atoms with Gasteiger partial charge in [0.25, 0.3) is 0 Å². The molecule has 0 atom stereocenters. The van der Waals surface area contributed by atoms with Crippen LogP contribution < -0.4 is 0 Å². The Hall–Kier alpha value is -1.91. The second-order valence-electron chi connectivity index (χ2n) is 4.82. The van der Waals surface area contributed by atoms with Crippen LogP contribution in [0.2, 0.25) is 5.02 Å². The molecule has 21 heavy (non-hydrogen) atoms. The smallest absolute Gasteiger partial charge is 0.175 e. The number of benzene rings is 2. The molecule has 0 bridgehead atoms. The van der Waals surface area contributed by atoms with Gasteiger partial charge in [-0.2, -0.15) is 0 Å². The Morgan fingerprint density at radius 2 is 1.62 bits per heavy atom. The fourth-order valence-electron chi connectivity index (χ4n) is 2.19. The summed E-state index contributed by atoms with van der Waals surface area (Å²) in [5.41, 5.74) is 2.72. The van der Waals surface area contributed by atoms with Gasteiger partial charge in [-0.05, 0) is 35.4 Å². The van der Waals surface area contributed by atoms with Crippen LogP contribution in [0.5, 0.6) is 0 Å². The average molecular weight is 318 g/mol. The van der Waals surface area contributed by atoms with E-state index in [4.69, 9.17) is 11.6 Å². The summed E-state index contributed by atoms with van der Waals surface area (Å²) in [6.07, 6.45) is 2.87. The third kappa shape index (κ3) is 2.77. The van der Waals surface area contributed by atoms with Crippen molar-refractivity contribution in [3.8, 4) is 11.1 Å². The van der Waals surface area contributed by atoms with Gasteiger partial charge in [0.1, 0.15) is 0 Å². The molecule has 3 rings (SSSR count). The van der Waals surface area contributed by atoms with Crippen molar-refractivity contribution < 1.29 is 8.42 Å². The van der Waals surface area contributed by atoms with Crippen molar-refractivity contribution in [3.05, 3.63) is 59.8 Å².